The zero-order valence-electron chi connectivity index (χ0n) is 11.9. The second-order valence-corrected chi connectivity index (χ2v) is 7.01. The lowest BCUT2D eigenvalue weighted by molar-refractivity contribution is -0.387. The summed E-state index contributed by atoms with van der Waals surface area (Å²) < 4.78 is 0. The lowest BCUT2D eigenvalue weighted by atomic mass is 9.91. The Labute approximate surface area is 123 Å². The van der Waals surface area contributed by atoms with Crippen molar-refractivity contribution in [2.24, 2.45) is 5.92 Å². The van der Waals surface area contributed by atoms with Crippen LogP contribution in [0.1, 0.15) is 51.2 Å². The fraction of sp³-hybridized carbons (Fsp3) is 0.600. The Morgan fingerprint density at radius 3 is 2.80 bits per heavy atom. The minimum atomic E-state index is -0.678. The second-order valence-electron chi connectivity index (χ2n) is 5.67. The van der Waals surface area contributed by atoms with Crippen LogP contribution >= 0.6 is 11.8 Å². The minimum absolute atomic E-state index is 0.117. The van der Waals surface area contributed by atoms with Crippen molar-refractivity contribution < 1.29 is 10.0 Å². The van der Waals surface area contributed by atoms with Crippen molar-refractivity contribution in [1.29, 1.82) is 0 Å². The van der Waals surface area contributed by atoms with Crippen LogP contribution in [0.2, 0.25) is 0 Å². The molecule has 1 aromatic carbocycles. The number of hydrogen-bond donors (Lipinski definition) is 1. The number of aliphatic hydroxyl groups is 1. The molecule has 3 atom stereocenters. The van der Waals surface area contributed by atoms with E-state index in [1.165, 1.54) is 18.9 Å². The molecule has 0 spiro atoms. The maximum Gasteiger partial charge on any atom is 0.283 e. The average Bonchev–Trinajstić information content (AvgIpc) is 2.38. The molecule has 1 aliphatic rings. The molecular formula is C15H21NO3S. The van der Waals surface area contributed by atoms with E-state index in [9.17, 15) is 15.2 Å². The molecule has 110 valence electrons. The SMILES string of the molecule is CC1CCCC(Sc2ccc(C(C)O)cc2[N+](=O)[O-])C1. The lowest BCUT2D eigenvalue weighted by Gasteiger charge is -2.26. The van der Waals surface area contributed by atoms with Gasteiger partial charge in [0, 0.05) is 11.3 Å². The summed E-state index contributed by atoms with van der Waals surface area (Å²) in [7, 11) is 0. The van der Waals surface area contributed by atoms with Crippen molar-refractivity contribution in [3.8, 4) is 0 Å². The highest BCUT2D eigenvalue weighted by atomic mass is 32.2. The number of benzene rings is 1. The Balaban J connectivity index is 2.20. The highest BCUT2D eigenvalue weighted by Gasteiger charge is 2.24. The predicted molar refractivity (Wildman–Crippen MR) is 81.0 cm³/mol. The molecule has 1 fully saturated rings. The highest BCUT2D eigenvalue weighted by Crippen LogP contribution is 2.40. The maximum absolute atomic E-state index is 11.2. The van der Waals surface area contributed by atoms with Crippen LogP contribution in [0.3, 0.4) is 0 Å². The van der Waals surface area contributed by atoms with Crippen molar-refractivity contribution in [2.75, 3.05) is 0 Å². The Morgan fingerprint density at radius 2 is 2.20 bits per heavy atom. The first-order valence-electron chi connectivity index (χ1n) is 7.10. The van der Waals surface area contributed by atoms with E-state index in [-0.39, 0.29) is 10.6 Å². The van der Waals surface area contributed by atoms with E-state index < -0.39 is 6.10 Å². The Morgan fingerprint density at radius 1 is 1.45 bits per heavy atom. The summed E-state index contributed by atoms with van der Waals surface area (Å²) in [6.07, 6.45) is 4.05. The van der Waals surface area contributed by atoms with Crippen LogP contribution in [-0.4, -0.2) is 15.3 Å². The largest absolute Gasteiger partial charge is 0.389 e. The highest BCUT2D eigenvalue weighted by molar-refractivity contribution is 8.00. The van der Waals surface area contributed by atoms with Gasteiger partial charge in [-0.1, -0.05) is 25.8 Å². The van der Waals surface area contributed by atoms with E-state index in [2.05, 4.69) is 6.92 Å². The molecule has 1 aromatic rings. The number of rotatable bonds is 4. The molecule has 0 aliphatic heterocycles. The minimum Gasteiger partial charge on any atom is -0.389 e. The molecular weight excluding hydrogens is 274 g/mol. The van der Waals surface area contributed by atoms with Gasteiger partial charge < -0.3 is 5.11 Å². The Hall–Kier alpha value is -1.07. The van der Waals surface area contributed by atoms with Gasteiger partial charge in [0.1, 0.15) is 0 Å². The number of nitro groups is 1. The number of aliphatic hydroxyl groups excluding tert-OH is 1. The average molecular weight is 295 g/mol. The molecule has 0 heterocycles. The third-order valence-electron chi connectivity index (χ3n) is 3.84. The summed E-state index contributed by atoms with van der Waals surface area (Å²) in [4.78, 5) is 11.6. The zero-order valence-corrected chi connectivity index (χ0v) is 12.7. The topological polar surface area (TPSA) is 63.4 Å². The standard InChI is InChI=1S/C15H21NO3S/c1-10-4-3-5-13(8-10)20-15-7-6-12(11(2)17)9-14(15)16(18)19/h6-7,9-11,13,17H,3-5,8H2,1-2H3. The lowest BCUT2D eigenvalue weighted by Crippen LogP contribution is -2.15. The first kappa shape index (κ1) is 15.3. The normalized spacial score (nSPS) is 24.4. The summed E-state index contributed by atoms with van der Waals surface area (Å²) in [5.74, 6) is 0.706. The molecule has 20 heavy (non-hydrogen) atoms. The van der Waals surface area contributed by atoms with Crippen LogP contribution in [0.4, 0.5) is 5.69 Å². The van der Waals surface area contributed by atoms with Gasteiger partial charge in [0.2, 0.25) is 0 Å². The predicted octanol–water partition coefficient (Wildman–Crippen LogP) is 4.32. The molecule has 0 bridgehead atoms. The van der Waals surface area contributed by atoms with Gasteiger partial charge in [0.15, 0.2) is 0 Å². The summed E-state index contributed by atoms with van der Waals surface area (Å²) in [6.45, 7) is 3.87. The fourth-order valence-corrected chi connectivity index (χ4v) is 4.17. The van der Waals surface area contributed by atoms with E-state index in [1.54, 1.807) is 30.8 Å². The van der Waals surface area contributed by atoms with Gasteiger partial charge in [-0.05, 0) is 37.3 Å². The molecule has 5 heteroatoms. The van der Waals surface area contributed by atoms with Crippen LogP contribution in [0, 0.1) is 16.0 Å². The van der Waals surface area contributed by atoms with Crippen molar-refractivity contribution in [3.63, 3.8) is 0 Å². The van der Waals surface area contributed by atoms with E-state index in [4.69, 9.17) is 0 Å². The quantitative estimate of drug-likeness (QED) is 0.663. The van der Waals surface area contributed by atoms with Gasteiger partial charge in [-0.2, -0.15) is 0 Å². The van der Waals surface area contributed by atoms with E-state index >= 15 is 0 Å². The van der Waals surface area contributed by atoms with Crippen LogP contribution in [0.5, 0.6) is 0 Å². The summed E-state index contributed by atoms with van der Waals surface area (Å²) >= 11 is 1.62. The van der Waals surface area contributed by atoms with Crippen molar-refractivity contribution in [3.05, 3.63) is 33.9 Å². The van der Waals surface area contributed by atoms with Gasteiger partial charge in [0.25, 0.3) is 5.69 Å². The van der Waals surface area contributed by atoms with Crippen LogP contribution in [-0.2, 0) is 0 Å². The van der Waals surface area contributed by atoms with Gasteiger partial charge in [0.05, 0.1) is 15.9 Å². The number of nitro benzene ring substituents is 1. The molecule has 0 radical (unpaired) electrons. The summed E-state index contributed by atoms with van der Waals surface area (Å²) in [6, 6.07) is 5.07. The molecule has 0 saturated heterocycles. The van der Waals surface area contributed by atoms with Gasteiger partial charge in [-0.3, -0.25) is 10.1 Å². The molecule has 4 nitrogen and oxygen atoms in total. The third-order valence-corrected chi connectivity index (χ3v) is 5.20. The zero-order chi connectivity index (χ0) is 14.7. The number of thioether (sulfide) groups is 1. The van der Waals surface area contributed by atoms with Crippen LogP contribution in [0.15, 0.2) is 23.1 Å². The van der Waals surface area contributed by atoms with Crippen LogP contribution < -0.4 is 0 Å². The van der Waals surface area contributed by atoms with Crippen LogP contribution in [0.25, 0.3) is 0 Å². The Bertz CT molecular complexity index is 490. The second kappa shape index (κ2) is 6.59. The maximum atomic E-state index is 11.2. The number of nitrogens with zero attached hydrogens (tertiary/aromatic N) is 1. The van der Waals surface area contributed by atoms with Gasteiger partial charge in [-0.15, -0.1) is 11.8 Å². The third kappa shape index (κ3) is 3.73. The molecule has 1 saturated carbocycles. The first-order chi connectivity index (χ1) is 9.47. The van der Waals surface area contributed by atoms with E-state index in [0.717, 1.165) is 17.7 Å². The Kier molecular flexibility index (Phi) is 5.05. The molecule has 1 N–H and O–H groups in total. The number of hydrogen-bond acceptors (Lipinski definition) is 4. The van der Waals surface area contributed by atoms with Crippen molar-refractivity contribution >= 4 is 17.4 Å². The van der Waals surface area contributed by atoms with Gasteiger partial charge >= 0.3 is 0 Å². The van der Waals surface area contributed by atoms with E-state index in [1.807, 2.05) is 0 Å². The smallest absolute Gasteiger partial charge is 0.283 e. The van der Waals surface area contributed by atoms with E-state index in [0.29, 0.717) is 16.7 Å². The van der Waals surface area contributed by atoms with Crippen molar-refractivity contribution in [2.45, 2.75) is 55.8 Å². The monoisotopic (exact) mass is 295 g/mol. The van der Waals surface area contributed by atoms with Gasteiger partial charge in [-0.25, -0.2) is 0 Å². The molecule has 0 aromatic heterocycles. The fourth-order valence-electron chi connectivity index (χ4n) is 2.70. The summed E-state index contributed by atoms with van der Waals surface area (Å²) in [5, 5.41) is 21.2. The first-order valence-corrected chi connectivity index (χ1v) is 7.98. The molecule has 1 aliphatic carbocycles. The molecule has 0 amide bonds. The molecule has 2 rings (SSSR count). The van der Waals surface area contributed by atoms with Crippen molar-refractivity contribution in [1.82, 2.24) is 0 Å². The molecule has 3 unspecified atom stereocenters. The summed E-state index contributed by atoms with van der Waals surface area (Å²) in [5.41, 5.74) is 0.713.